The third kappa shape index (κ3) is 52.8. The Morgan fingerprint density at radius 1 is 0.324 bits per heavy atom. The first-order valence-corrected chi connectivity index (χ1v) is 27.6. The lowest BCUT2D eigenvalue weighted by Crippen LogP contribution is -2.30. The summed E-state index contributed by atoms with van der Waals surface area (Å²) in [5.41, 5.74) is 0. The van der Waals surface area contributed by atoms with Crippen LogP contribution in [0.15, 0.2) is 122 Å². The fraction of sp³-hybridized carbons (Fsp3) is 0.629. The van der Waals surface area contributed by atoms with Gasteiger partial charge in [0.15, 0.2) is 6.10 Å². The molecule has 0 fully saturated rings. The average Bonchev–Trinajstić information content (AvgIpc) is 3.34. The molecule has 0 amide bonds. The Bertz CT molecular complexity index is 1450. The predicted molar refractivity (Wildman–Crippen MR) is 293 cm³/mol. The second-order valence-corrected chi connectivity index (χ2v) is 17.8. The molecule has 1 unspecified atom stereocenters. The molecule has 0 spiro atoms. The highest BCUT2D eigenvalue weighted by Gasteiger charge is 2.19. The molecule has 0 aliphatic carbocycles. The zero-order chi connectivity index (χ0) is 49.3. The van der Waals surface area contributed by atoms with Crippen molar-refractivity contribution in [2.24, 2.45) is 0 Å². The number of carbonyl (C=O) groups excluding carboxylic acids is 3. The minimum atomic E-state index is -0.825. The van der Waals surface area contributed by atoms with Gasteiger partial charge in [-0.05, 0) is 103 Å². The van der Waals surface area contributed by atoms with Crippen molar-refractivity contribution in [3.05, 3.63) is 122 Å². The second-order valence-electron chi connectivity index (χ2n) is 17.8. The third-order valence-corrected chi connectivity index (χ3v) is 11.3. The van der Waals surface area contributed by atoms with Crippen LogP contribution in [-0.4, -0.2) is 37.2 Å². The van der Waals surface area contributed by atoms with Gasteiger partial charge in [-0.3, -0.25) is 14.4 Å². The smallest absolute Gasteiger partial charge is 0.306 e. The van der Waals surface area contributed by atoms with Crippen LogP contribution in [0, 0.1) is 0 Å². The largest absolute Gasteiger partial charge is 0.462 e. The number of esters is 3. The Balaban J connectivity index is 4.54. The Morgan fingerprint density at radius 3 is 1.15 bits per heavy atom. The van der Waals surface area contributed by atoms with E-state index in [1.807, 2.05) is 12.2 Å². The van der Waals surface area contributed by atoms with Crippen LogP contribution in [-0.2, 0) is 28.6 Å². The molecule has 68 heavy (non-hydrogen) atoms. The average molecular weight is 941 g/mol. The summed E-state index contributed by atoms with van der Waals surface area (Å²) in [7, 11) is 0. The second kappa shape index (κ2) is 55.4. The number of hydrogen-bond donors (Lipinski definition) is 0. The predicted octanol–water partition coefficient (Wildman–Crippen LogP) is 18.5. The highest BCUT2D eigenvalue weighted by atomic mass is 16.6. The highest BCUT2D eigenvalue weighted by molar-refractivity contribution is 5.71. The van der Waals surface area contributed by atoms with Gasteiger partial charge in [-0.2, -0.15) is 0 Å². The zero-order valence-corrected chi connectivity index (χ0v) is 43.8. The number of rotatable bonds is 48. The van der Waals surface area contributed by atoms with E-state index >= 15 is 0 Å². The standard InChI is InChI=1S/C62H100O6/c1-4-7-10-13-16-19-22-25-27-29-31-33-34-37-40-43-46-49-52-55-61(64)67-58-59(57-66-60(63)54-51-48-45-42-39-36-24-21-18-15-12-9-6-3)68-62(65)56-53-50-47-44-41-38-35-32-30-28-26-23-20-17-14-11-8-5-2/h7,9-10,12,15-16,18-19,21,24-25,27,31-33,35,37,40,46,49,59H,4-6,8,11,13-14,17,20,22-23,26,28-30,34,36,38-39,41-45,47-48,50-58H2,1-3H3/b10-7+,12-9+,18-15+,19-16+,24-21+,27-25+,33-31+,35-32+,40-37+,49-46+. The van der Waals surface area contributed by atoms with Gasteiger partial charge >= 0.3 is 17.9 Å². The van der Waals surface area contributed by atoms with Crippen LogP contribution in [0.4, 0.5) is 0 Å². The van der Waals surface area contributed by atoms with Crippen molar-refractivity contribution in [2.45, 2.75) is 239 Å². The molecule has 0 aliphatic rings. The third-order valence-electron chi connectivity index (χ3n) is 11.3. The number of unbranched alkanes of at least 4 members (excludes halogenated alkanes) is 19. The van der Waals surface area contributed by atoms with Crippen LogP contribution < -0.4 is 0 Å². The van der Waals surface area contributed by atoms with E-state index in [-0.39, 0.29) is 37.5 Å². The minimum Gasteiger partial charge on any atom is -0.462 e. The molecule has 0 bridgehead atoms. The van der Waals surface area contributed by atoms with E-state index in [2.05, 4.69) is 130 Å². The summed E-state index contributed by atoms with van der Waals surface area (Å²) in [5, 5.41) is 0. The zero-order valence-electron chi connectivity index (χ0n) is 43.8. The Morgan fingerprint density at radius 2 is 0.676 bits per heavy atom. The lowest BCUT2D eigenvalue weighted by molar-refractivity contribution is -0.166. The van der Waals surface area contributed by atoms with Crippen molar-refractivity contribution in [3.63, 3.8) is 0 Å². The summed E-state index contributed by atoms with van der Waals surface area (Å²) >= 11 is 0. The fourth-order valence-electron chi connectivity index (χ4n) is 7.17. The monoisotopic (exact) mass is 941 g/mol. The quantitative estimate of drug-likeness (QED) is 0.0199. The molecule has 0 aromatic rings. The summed E-state index contributed by atoms with van der Waals surface area (Å²) in [6.45, 7) is 6.30. The van der Waals surface area contributed by atoms with E-state index < -0.39 is 6.10 Å². The molecule has 0 aromatic heterocycles. The van der Waals surface area contributed by atoms with Crippen LogP contribution in [0.2, 0.25) is 0 Å². The van der Waals surface area contributed by atoms with Crippen LogP contribution in [0.25, 0.3) is 0 Å². The molecule has 0 radical (unpaired) electrons. The molecule has 0 aromatic carbocycles. The summed E-state index contributed by atoms with van der Waals surface area (Å²) in [6, 6.07) is 0. The van der Waals surface area contributed by atoms with Crippen molar-refractivity contribution in [1.82, 2.24) is 0 Å². The summed E-state index contributed by atoms with van der Waals surface area (Å²) in [4.78, 5) is 38.1. The van der Waals surface area contributed by atoms with Crippen molar-refractivity contribution in [1.29, 1.82) is 0 Å². The molecule has 0 rings (SSSR count). The van der Waals surface area contributed by atoms with E-state index in [0.29, 0.717) is 19.3 Å². The van der Waals surface area contributed by atoms with E-state index in [9.17, 15) is 14.4 Å². The van der Waals surface area contributed by atoms with Crippen molar-refractivity contribution in [2.75, 3.05) is 13.2 Å². The van der Waals surface area contributed by atoms with Gasteiger partial charge in [0.1, 0.15) is 13.2 Å². The first-order valence-electron chi connectivity index (χ1n) is 27.6. The Labute approximate surface area is 418 Å². The van der Waals surface area contributed by atoms with Crippen LogP contribution >= 0.6 is 0 Å². The van der Waals surface area contributed by atoms with Crippen LogP contribution in [0.3, 0.4) is 0 Å². The SMILES string of the molecule is CC/C=C/C=C/C=C/CCCCCCCC(=O)OCC(COC(=O)CC/C=C/C/C=C/C/C=C/C/C=C/C/C=C/C/C=C/CC)OC(=O)CCCCCCC/C=C/CCCCCCCCCCC. The summed E-state index contributed by atoms with van der Waals surface area (Å²) < 4.78 is 16.7. The van der Waals surface area contributed by atoms with Crippen molar-refractivity contribution < 1.29 is 28.6 Å². The Hall–Kier alpha value is -4.19. The molecule has 1 atom stereocenters. The van der Waals surface area contributed by atoms with Gasteiger partial charge < -0.3 is 14.2 Å². The maximum absolute atomic E-state index is 12.8. The van der Waals surface area contributed by atoms with Gasteiger partial charge in [-0.15, -0.1) is 0 Å². The molecule has 6 heteroatoms. The molecular weight excluding hydrogens is 841 g/mol. The van der Waals surface area contributed by atoms with Gasteiger partial charge in [0, 0.05) is 19.3 Å². The van der Waals surface area contributed by atoms with Crippen LogP contribution in [0.5, 0.6) is 0 Å². The molecular formula is C62H100O6. The fourth-order valence-corrected chi connectivity index (χ4v) is 7.17. The van der Waals surface area contributed by atoms with Gasteiger partial charge in [0.25, 0.3) is 0 Å². The maximum atomic E-state index is 12.8. The summed E-state index contributed by atoms with van der Waals surface area (Å²) in [6.07, 6.45) is 76.3. The van der Waals surface area contributed by atoms with Gasteiger partial charge in [-0.1, -0.05) is 232 Å². The molecule has 0 aliphatic heterocycles. The van der Waals surface area contributed by atoms with Gasteiger partial charge in [0.05, 0.1) is 0 Å². The minimum absolute atomic E-state index is 0.118. The van der Waals surface area contributed by atoms with E-state index in [4.69, 9.17) is 14.2 Å². The van der Waals surface area contributed by atoms with Crippen LogP contribution in [0.1, 0.15) is 233 Å². The first kappa shape index (κ1) is 63.8. The topological polar surface area (TPSA) is 78.9 Å². The molecule has 0 N–H and O–H groups in total. The molecule has 6 nitrogen and oxygen atoms in total. The van der Waals surface area contributed by atoms with E-state index in [1.54, 1.807) is 0 Å². The number of hydrogen-bond acceptors (Lipinski definition) is 6. The Kier molecular flexibility index (Phi) is 52.0. The van der Waals surface area contributed by atoms with E-state index in [0.717, 1.165) is 116 Å². The van der Waals surface area contributed by atoms with Crippen molar-refractivity contribution >= 4 is 17.9 Å². The normalized spacial score (nSPS) is 13.0. The summed E-state index contributed by atoms with van der Waals surface area (Å²) in [5.74, 6) is -1.04. The lowest BCUT2D eigenvalue weighted by Gasteiger charge is -2.18. The molecule has 0 saturated carbocycles. The first-order chi connectivity index (χ1) is 33.5. The number of allylic oxidation sites excluding steroid dienone is 20. The molecule has 384 valence electrons. The van der Waals surface area contributed by atoms with Gasteiger partial charge in [0.2, 0.25) is 0 Å². The number of carbonyl (C=O) groups is 3. The highest BCUT2D eigenvalue weighted by Crippen LogP contribution is 2.14. The molecule has 0 heterocycles. The number of ether oxygens (including phenoxy) is 3. The maximum Gasteiger partial charge on any atom is 0.306 e. The molecule has 0 saturated heterocycles. The lowest BCUT2D eigenvalue weighted by atomic mass is 10.1. The van der Waals surface area contributed by atoms with E-state index in [1.165, 1.54) is 70.6 Å². The van der Waals surface area contributed by atoms with Gasteiger partial charge in [-0.25, -0.2) is 0 Å². The van der Waals surface area contributed by atoms with Crippen molar-refractivity contribution in [3.8, 4) is 0 Å².